The van der Waals surface area contributed by atoms with E-state index in [4.69, 9.17) is 9.47 Å². The van der Waals surface area contributed by atoms with E-state index in [0.29, 0.717) is 6.54 Å². The van der Waals surface area contributed by atoms with Crippen LogP contribution in [0.15, 0.2) is 48.6 Å². The molecule has 28 heavy (non-hydrogen) atoms. The van der Waals surface area contributed by atoms with Gasteiger partial charge in [0.25, 0.3) is 0 Å². The van der Waals surface area contributed by atoms with Crippen LogP contribution >= 0.6 is 0 Å². The predicted molar refractivity (Wildman–Crippen MR) is 110 cm³/mol. The number of hydrogen-bond acceptors (Lipinski definition) is 4. The molecule has 2 aromatic carbocycles. The lowest BCUT2D eigenvalue weighted by Crippen LogP contribution is -2.41. The van der Waals surface area contributed by atoms with Gasteiger partial charge in [0.1, 0.15) is 17.8 Å². The molecular formula is C24H27NO3. The molecule has 0 amide bonds. The highest BCUT2D eigenvalue weighted by Gasteiger charge is 2.35. The summed E-state index contributed by atoms with van der Waals surface area (Å²) in [6, 6.07) is 12.3. The third kappa shape index (κ3) is 3.33. The maximum atomic E-state index is 12.3. The molecule has 0 saturated carbocycles. The number of benzene rings is 2. The number of methoxy groups -OCH3 is 1. The summed E-state index contributed by atoms with van der Waals surface area (Å²) in [5.74, 6) is 1.89. The Balaban J connectivity index is 1.52. The van der Waals surface area contributed by atoms with E-state index in [9.17, 15) is 4.79 Å². The quantitative estimate of drug-likeness (QED) is 0.548. The Morgan fingerprint density at radius 2 is 2.07 bits per heavy atom. The molecule has 146 valence electrons. The van der Waals surface area contributed by atoms with Crippen LogP contribution in [0.4, 0.5) is 0 Å². The number of hydrogen-bond donors (Lipinski definition) is 0. The number of fused-ring (bicyclic) bond motifs is 2. The van der Waals surface area contributed by atoms with Gasteiger partial charge in [-0.1, -0.05) is 36.4 Å². The Morgan fingerprint density at radius 3 is 2.89 bits per heavy atom. The first kappa shape index (κ1) is 18.8. The molecule has 0 spiro atoms. The Morgan fingerprint density at radius 1 is 1.21 bits per heavy atom. The average Bonchev–Trinajstić information content (AvgIpc) is 3.21. The van der Waals surface area contributed by atoms with Crippen LogP contribution in [-0.2, 0) is 29.5 Å². The summed E-state index contributed by atoms with van der Waals surface area (Å²) in [6.45, 7) is 2.32. The van der Waals surface area contributed by atoms with Gasteiger partial charge >= 0.3 is 0 Å². The maximum Gasteiger partial charge on any atom is 0.135 e. The number of rotatable bonds is 7. The Bertz CT molecular complexity index is 905. The van der Waals surface area contributed by atoms with E-state index in [1.165, 1.54) is 11.1 Å². The van der Waals surface area contributed by atoms with Crippen molar-refractivity contribution < 1.29 is 14.3 Å². The van der Waals surface area contributed by atoms with Crippen molar-refractivity contribution in [3.8, 4) is 11.5 Å². The van der Waals surface area contributed by atoms with E-state index in [1.807, 2.05) is 18.2 Å². The van der Waals surface area contributed by atoms with Crippen LogP contribution in [-0.4, -0.2) is 45.0 Å². The molecule has 0 fully saturated rings. The van der Waals surface area contributed by atoms with Crippen molar-refractivity contribution in [3.05, 3.63) is 70.8 Å². The van der Waals surface area contributed by atoms with Gasteiger partial charge in [-0.2, -0.15) is 0 Å². The molecule has 0 N–H and O–H groups in total. The third-order valence-electron chi connectivity index (χ3n) is 5.94. The lowest BCUT2D eigenvalue weighted by molar-refractivity contribution is -0.111. The van der Waals surface area contributed by atoms with E-state index in [0.717, 1.165) is 61.3 Å². The van der Waals surface area contributed by atoms with Crippen molar-refractivity contribution in [2.45, 2.75) is 24.7 Å². The molecule has 1 atom stereocenters. The lowest BCUT2D eigenvalue weighted by Gasteiger charge is -2.34. The molecule has 4 rings (SSSR count). The summed E-state index contributed by atoms with van der Waals surface area (Å²) in [4.78, 5) is 14.5. The zero-order chi connectivity index (χ0) is 19.6. The van der Waals surface area contributed by atoms with Crippen LogP contribution < -0.4 is 9.47 Å². The summed E-state index contributed by atoms with van der Waals surface area (Å²) < 4.78 is 11.2. The Kier molecular flexibility index (Phi) is 5.23. The van der Waals surface area contributed by atoms with Gasteiger partial charge < -0.3 is 19.2 Å². The molecule has 4 nitrogen and oxygen atoms in total. The molecule has 1 heterocycles. The highest BCUT2D eigenvalue weighted by atomic mass is 16.5. The normalized spacial score (nSPS) is 19.8. The Labute approximate surface area is 166 Å². The average molecular weight is 377 g/mol. The van der Waals surface area contributed by atoms with Gasteiger partial charge in [0.15, 0.2) is 0 Å². The number of likely N-dealkylation sites (N-methyl/N-ethyl adjacent to an activating group) is 1. The second-order valence-electron chi connectivity index (χ2n) is 7.73. The van der Waals surface area contributed by atoms with Crippen LogP contribution in [0, 0.1) is 0 Å². The molecule has 4 heteroatoms. The molecule has 0 unspecified atom stereocenters. The van der Waals surface area contributed by atoms with Crippen LogP contribution in [0.3, 0.4) is 0 Å². The molecule has 0 aromatic heterocycles. The third-order valence-corrected chi connectivity index (χ3v) is 5.94. The Hall–Kier alpha value is -2.59. The maximum absolute atomic E-state index is 12.3. The van der Waals surface area contributed by atoms with Crippen molar-refractivity contribution in [1.29, 1.82) is 0 Å². The monoisotopic (exact) mass is 377 g/mol. The first-order chi connectivity index (χ1) is 13.7. The topological polar surface area (TPSA) is 38.8 Å². The van der Waals surface area contributed by atoms with Gasteiger partial charge in [0.2, 0.25) is 0 Å². The molecule has 1 aliphatic heterocycles. The van der Waals surface area contributed by atoms with E-state index in [1.54, 1.807) is 7.11 Å². The second-order valence-corrected chi connectivity index (χ2v) is 7.73. The molecule has 1 aliphatic carbocycles. The molecule has 0 radical (unpaired) electrons. The number of carbonyl (C=O) groups is 1. The second kappa shape index (κ2) is 7.80. The number of aldehydes is 1. The number of allylic oxidation sites excluding steroid dienone is 1. The van der Waals surface area contributed by atoms with Crippen LogP contribution in [0.2, 0.25) is 0 Å². The summed E-state index contributed by atoms with van der Waals surface area (Å²) in [7, 11) is 3.78. The highest BCUT2D eigenvalue weighted by Crippen LogP contribution is 2.37. The minimum Gasteiger partial charge on any atom is -0.496 e. The minimum atomic E-state index is -0.626. The van der Waals surface area contributed by atoms with Gasteiger partial charge in [-0.3, -0.25) is 0 Å². The first-order valence-electron chi connectivity index (χ1n) is 9.89. The summed E-state index contributed by atoms with van der Waals surface area (Å²) >= 11 is 0. The smallest absolute Gasteiger partial charge is 0.135 e. The molecule has 2 aromatic rings. The summed E-state index contributed by atoms with van der Waals surface area (Å²) in [6.07, 6.45) is 7.98. The van der Waals surface area contributed by atoms with E-state index in [2.05, 4.69) is 42.3 Å². The number of carbonyl (C=O) groups excluding carboxylic acids is 1. The summed E-state index contributed by atoms with van der Waals surface area (Å²) in [5, 5.41) is 0. The number of ether oxygens (including phenoxy) is 2. The van der Waals surface area contributed by atoms with Gasteiger partial charge in [-0.05, 0) is 43.1 Å². The first-order valence-corrected chi connectivity index (χ1v) is 9.89. The van der Waals surface area contributed by atoms with Crippen molar-refractivity contribution in [2.24, 2.45) is 0 Å². The SMILES string of the molecule is COc1cccc2c1CC=C[C@@]2(C=O)CN(C)CCc1cccc2c1CCO2. The van der Waals surface area contributed by atoms with Crippen molar-refractivity contribution in [2.75, 3.05) is 33.9 Å². The fourth-order valence-electron chi connectivity index (χ4n) is 4.52. The van der Waals surface area contributed by atoms with Crippen molar-refractivity contribution in [1.82, 2.24) is 4.90 Å². The zero-order valence-electron chi connectivity index (χ0n) is 16.6. The minimum absolute atomic E-state index is 0.626. The fraction of sp³-hybridized carbons (Fsp3) is 0.375. The van der Waals surface area contributed by atoms with Crippen molar-refractivity contribution >= 4 is 6.29 Å². The van der Waals surface area contributed by atoms with Gasteiger partial charge in [0.05, 0.1) is 19.1 Å². The standard InChI is InChI=1S/C24H27NO3/c1-25(14-11-18-6-3-10-23-19(18)12-15-28-23)16-24(17-26)13-5-7-20-21(24)8-4-9-22(20)27-2/h3-6,8-10,13,17H,7,11-12,14-16H2,1-2H3/t24-/m0/s1. The van der Waals surface area contributed by atoms with Crippen LogP contribution in [0.5, 0.6) is 11.5 Å². The van der Waals surface area contributed by atoms with Crippen LogP contribution in [0.1, 0.15) is 22.3 Å². The van der Waals surface area contributed by atoms with E-state index < -0.39 is 5.41 Å². The largest absolute Gasteiger partial charge is 0.496 e. The molecule has 0 bridgehead atoms. The zero-order valence-corrected chi connectivity index (χ0v) is 16.6. The predicted octanol–water partition coefficient (Wildman–Crippen LogP) is 3.35. The fourth-order valence-corrected chi connectivity index (χ4v) is 4.52. The van der Waals surface area contributed by atoms with E-state index >= 15 is 0 Å². The molecule has 2 aliphatic rings. The number of nitrogens with zero attached hydrogens (tertiary/aromatic N) is 1. The molecule has 0 saturated heterocycles. The van der Waals surface area contributed by atoms with Gasteiger partial charge in [-0.15, -0.1) is 0 Å². The lowest BCUT2D eigenvalue weighted by atomic mass is 9.74. The van der Waals surface area contributed by atoms with E-state index in [-0.39, 0.29) is 0 Å². The van der Waals surface area contributed by atoms with Crippen LogP contribution in [0.25, 0.3) is 0 Å². The van der Waals surface area contributed by atoms with Gasteiger partial charge in [0, 0.05) is 30.6 Å². The highest BCUT2D eigenvalue weighted by molar-refractivity contribution is 5.75. The summed E-state index contributed by atoms with van der Waals surface area (Å²) in [5.41, 5.74) is 4.24. The van der Waals surface area contributed by atoms with Gasteiger partial charge in [-0.25, -0.2) is 0 Å². The van der Waals surface area contributed by atoms with Crippen molar-refractivity contribution in [3.63, 3.8) is 0 Å². The molecular weight excluding hydrogens is 350 g/mol.